The first-order valence-corrected chi connectivity index (χ1v) is 6.36. The van der Waals surface area contributed by atoms with Gasteiger partial charge in [0.1, 0.15) is 5.15 Å². The number of aromatic nitrogens is 2. The lowest BCUT2D eigenvalue weighted by atomic mass is 10.2. The molecule has 5 heteroatoms. The number of halogens is 1. The summed E-state index contributed by atoms with van der Waals surface area (Å²) in [6, 6.07) is 5.07. The van der Waals surface area contributed by atoms with Gasteiger partial charge in [0.05, 0.1) is 0 Å². The monoisotopic (exact) mass is 275 g/mol. The van der Waals surface area contributed by atoms with Crippen LogP contribution in [-0.2, 0) is 6.42 Å². The van der Waals surface area contributed by atoms with E-state index >= 15 is 0 Å². The number of aryl methyl sites for hydroxylation is 2. The van der Waals surface area contributed by atoms with Crippen molar-refractivity contribution in [3.8, 4) is 0 Å². The Hall–Kier alpha value is -1.94. The molecular formula is C14H14ClN3O. The molecule has 0 spiro atoms. The molecule has 98 valence electrons. The maximum atomic E-state index is 12.2. The number of carbonyl (C=O) groups excluding carboxylic acids is 1. The summed E-state index contributed by atoms with van der Waals surface area (Å²) in [6.07, 6.45) is 4.07. The van der Waals surface area contributed by atoms with Crippen molar-refractivity contribution < 1.29 is 4.79 Å². The standard InChI is InChI=1S/C14H14ClN3O/c1-3-11-6-10(7-13(15)17-11)14(19)18-12-4-5-16-8-9(12)2/h4-8H,3H2,1-2H3,(H,16,18,19). The van der Waals surface area contributed by atoms with Gasteiger partial charge in [-0.15, -0.1) is 0 Å². The summed E-state index contributed by atoms with van der Waals surface area (Å²) in [5.41, 5.74) is 2.95. The van der Waals surface area contributed by atoms with Gasteiger partial charge in [-0.2, -0.15) is 0 Å². The van der Waals surface area contributed by atoms with Crippen LogP contribution in [0.3, 0.4) is 0 Å². The van der Waals surface area contributed by atoms with E-state index in [-0.39, 0.29) is 5.91 Å². The zero-order valence-corrected chi connectivity index (χ0v) is 11.5. The minimum Gasteiger partial charge on any atom is -0.322 e. The van der Waals surface area contributed by atoms with E-state index in [4.69, 9.17) is 11.6 Å². The maximum Gasteiger partial charge on any atom is 0.255 e. The molecule has 2 heterocycles. The van der Waals surface area contributed by atoms with Crippen molar-refractivity contribution in [2.45, 2.75) is 20.3 Å². The third kappa shape index (κ3) is 3.29. The zero-order valence-electron chi connectivity index (χ0n) is 10.8. The lowest BCUT2D eigenvalue weighted by molar-refractivity contribution is 0.102. The molecule has 2 aromatic heterocycles. The number of pyridine rings is 2. The largest absolute Gasteiger partial charge is 0.322 e. The van der Waals surface area contributed by atoms with E-state index in [9.17, 15) is 4.79 Å². The molecule has 4 nitrogen and oxygen atoms in total. The van der Waals surface area contributed by atoms with Gasteiger partial charge in [-0.1, -0.05) is 18.5 Å². The predicted molar refractivity (Wildman–Crippen MR) is 75.6 cm³/mol. The number of nitrogens with zero attached hydrogens (tertiary/aromatic N) is 2. The van der Waals surface area contributed by atoms with Crippen molar-refractivity contribution in [1.82, 2.24) is 9.97 Å². The molecular weight excluding hydrogens is 262 g/mol. The van der Waals surface area contributed by atoms with E-state index in [0.717, 1.165) is 23.4 Å². The first-order valence-electron chi connectivity index (χ1n) is 5.98. The third-order valence-corrected chi connectivity index (χ3v) is 2.93. The van der Waals surface area contributed by atoms with Gasteiger partial charge in [0.15, 0.2) is 0 Å². The minimum absolute atomic E-state index is 0.201. The van der Waals surface area contributed by atoms with E-state index < -0.39 is 0 Å². The SMILES string of the molecule is CCc1cc(C(=O)Nc2ccncc2C)cc(Cl)n1. The molecule has 0 saturated carbocycles. The zero-order chi connectivity index (χ0) is 13.8. The van der Waals surface area contributed by atoms with Crippen molar-refractivity contribution in [2.75, 3.05) is 5.32 Å². The Morgan fingerprint density at radius 2 is 2.21 bits per heavy atom. The molecule has 0 fully saturated rings. The van der Waals surface area contributed by atoms with Crippen molar-refractivity contribution in [3.63, 3.8) is 0 Å². The molecule has 0 aromatic carbocycles. The first kappa shape index (κ1) is 13.5. The molecule has 0 atom stereocenters. The van der Waals surface area contributed by atoms with Gasteiger partial charge >= 0.3 is 0 Å². The number of hydrogen-bond donors (Lipinski definition) is 1. The molecule has 0 aliphatic carbocycles. The van der Waals surface area contributed by atoms with Crippen LogP contribution in [0, 0.1) is 6.92 Å². The normalized spacial score (nSPS) is 10.3. The van der Waals surface area contributed by atoms with E-state index in [1.807, 2.05) is 13.8 Å². The second-order valence-corrected chi connectivity index (χ2v) is 4.56. The molecule has 0 aliphatic heterocycles. The highest BCUT2D eigenvalue weighted by molar-refractivity contribution is 6.29. The van der Waals surface area contributed by atoms with Gasteiger partial charge in [0, 0.05) is 29.3 Å². The molecule has 2 aromatic rings. The number of nitrogens with one attached hydrogen (secondary N) is 1. The van der Waals surface area contributed by atoms with E-state index in [1.54, 1.807) is 30.6 Å². The Kier molecular flexibility index (Phi) is 4.12. The molecule has 0 radical (unpaired) electrons. The summed E-state index contributed by atoms with van der Waals surface area (Å²) < 4.78 is 0. The first-order chi connectivity index (χ1) is 9.10. The number of hydrogen-bond acceptors (Lipinski definition) is 3. The van der Waals surface area contributed by atoms with Crippen LogP contribution in [0.4, 0.5) is 5.69 Å². The second-order valence-electron chi connectivity index (χ2n) is 4.17. The Morgan fingerprint density at radius 3 is 2.89 bits per heavy atom. The summed E-state index contributed by atoms with van der Waals surface area (Å²) >= 11 is 5.91. The average Bonchev–Trinajstić information content (AvgIpc) is 2.40. The van der Waals surface area contributed by atoms with Gasteiger partial charge in [-0.05, 0) is 37.1 Å². The van der Waals surface area contributed by atoms with Crippen LogP contribution in [0.5, 0.6) is 0 Å². The number of anilines is 1. The highest BCUT2D eigenvalue weighted by Gasteiger charge is 2.10. The van der Waals surface area contributed by atoms with Gasteiger partial charge in [-0.3, -0.25) is 9.78 Å². The van der Waals surface area contributed by atoms with Crippen LogP contribution in [0.15, 0.2) is 30.6 Å². The molecule has 1 amide bonds. The van der Waals surface area contributed by atoms with Gasteiger partial charge in [-0.25, -0.2) is 4.98 Å². The summed E-state index contributed by atoms with van der Waals surface area (Å²) in [7, 11) is 0. The van der Waals surface area contributed by atoms with E-state index in [0.29, 0.717) is 10.7 Å². The molecule has 0 aliphatic rings. The molecule has 1 N–H and O–H groups in total. The summed E-state index contributed by atoms with van der Waals surface area (Å²) in [5.74, 6) is -0.201. The van der Waals surface area contributed by atoms with Crippen LogP contribution < -0.4 is 5.32 Å². The number of amides is 1. The van der Waals surface area contributed by atoms with Crippen LogP contribution in [0.2, 0.25) is 5.15 Å². The predicted octanol–water partition coefficient (Wildman–Crippen LogP) is 3.25. The van der Waals surface area contributed by atoms with E-state index in [2.05, 4.69) is 15.3 Å². The van der Waals surface area contributed by atoms with Crippen LogP contribution >= 0.6 is 11.6 Å². The Morgan fingerprint density at radius 1 is 1.42 bits per heavy atom. The van der Waals surface area contributed by atoms with Gasteiger partial charge < -0.3 is 5.32 Å². The van der Waals surface area contributed by atoms with Crippen molar-refractivity contribution in [2.24, 2.45) is 0 Å². The average molecular weight is 276 g/mol. The van der Waals surface area contributed by atoms with Crippen molar-refractivity contribution in [3.05, 3.63) is 52.6 Å². The van der Waals surface area contributed by atoms with Crippen LogP contribution in [-0.4, -0.2) is 15.9 Å². The fourth-order valence-corrected chi connectivity index (χ4v) is 1.90. The Balaban J connectivity index is 2.25. The van der Waals surface area contributed by atoms with E-state index in [1.165, 1.54) is 0 Å². The fraction of sp³-hybridized carbons (Fsp3) is 0.214. The molecule has 0 unspecified atom stereocenters. The molecule has 2 rings (SSSR count). The van der Waals surface area contributed by atoms with Crippen LogP contribution in [0.25, 0.3) is 0 Å². The second kappa shape index (κ2) is 5.80. The maximum absolute atomic E-state index is 12.2. The Labute approximate surface area is 116 Å². The lowest BCUT2D eigenvalue weighted by Gasteiger charge is -2.08. The quantitative estimate of drug-likeness (QED) is 0.875. The molecule has 19 heavy (non-hydrogen) atoms. The lowest BCUT2D eigenvalue weighted by Crippen LogP contribution is -2.13. The van der Waals surface area contributed by atoms with Gasteiger partial charge in [0.25, 0.3) is 5.91 Å². The number of rotatable bonds is 3. The molecule has 0 saturated heterocycles. The summed E-state index contributed by atoms with van der Waals surface area (Å²) in [6.45, 7) is 3.85. The smallest absolute Gasteiger partial charge is 0.255 e. The fourth-order valence-electron chi connectivity index (χ4n) is 1.67. The molecule has 0 bridgehead atoms. The summed E-state index contributed by atoms with van der Waals surface area (Å²) in [5, 5.41) is 3.17. The van der Waals surface area contributed by atoms with Gasteiger partial charge in [0.2, 0.25) is 0 Å². The topological polar surface area (TPSA) is 54.9 Å². The highest BCUT2D eigenvalue weighted by Crippen LogP contribution is 2.16. The Bertz CT molecular complexity index is 613. The van der Waals surface area contributed by atoms with Crippen molar-refractivity contribution >= 4 is 23.2 Å². The summed E-state index contributed by atoms with van der Waals surface area (Å²) in [4.78, 5) is 20.3. The highest BCUT2D eigenvalue weighted by atomic mass is 35.5. The third-order valence-electron chi connectivity index (χ3n) is 2.74. The van der Waals surface area contributed by atoms with Crippen molar-refractivity contribution in [1.29, 1.82) is 0 Å². The van der Waals surface area contributed by atoms with Crippen LogP contribution in [0.1, 0.15) is 28.5 Å². The minimum atomic E-state index is -0.201. The number of carbonyl (C=O) groups is 1.